The lowest BCUT2D eigenvalue weighted by atomic mass is 9.94. The average Bonchev–Trinajstić information content (AvgIpc) is 2.61. The van der Waals surface area contributed by atoms with E-state index in [4.69, 9.17) is 0 Å². The number of rotatable bonds is 4. The number of aliphatic hydroxyl groups is 1. The largest absolute Gasteiger partial charge is 0.396 e. The van der Waals surface area contributed by atoms with Crippen LogP contribution in [0.4, 0.5) is 10.1 Å². The third kappa shape index (κ3) is 3.84. The Kier molecular flexibility index (Phi) is 5.37. The standard InChI is InChI=1S/C19H25FN2O3/c1-13-2-3-14(12-23)11-22(13)19(25)8-9-21-17-6-5-16(20)10-15(17)4-7-18(21)24/h5-6,10,13-14,23H,2-4,7-9,11-12H2,1H3. The number of benzene rings is 1. The summed E-state index contributed by atoms with van der Waals surface area (Å²) in [4.78, 5) is 28.3. The molecule has 0 aliphatic carbocycles. The van der Waals surface area contributed by atoms with Crippen molar-refractivity contribution in [2.24, 2.45) is 5.92 Å². The Morgan fingerprint density at radius 3 is 2.88 bits per heavy atom. The molecular weight excluding hydrogens is 323 g/mol. The third-order valence-corrected chi connectivity index (χ3v) is 5.35. The second-order valence-corrected chi connectivity index (χ2v) is 7.09. The smallest absolute Gasteiger partial charge is 0.227 e. The van der Waals surface area contributed by atoms with E-state index in [9.17, 15) is 19.1 Å². The minimum Gasteiger partial charge on any atom is -0.396 e. The highest BCUT2D eigenvalue weighted by Crippen LogP contribution is 2.29. The number of piperidine rings is 1. The molecule has 2 aliphatic heterocycles. The fraction of sp³-hybridized carbons (Fsp3) is 0.579. The van der Waals surface area contributed by atoms with Gasteiger partial charge < -0.3 is 14.9 Å². The molecule has 6 heteroatoms. The Labute approximate surface area is 147 Å². The minimum absolute atomic E-state index is 0.00712. The molecule has 1 saturated heterocycles. The Hall–Kier alpha value is -1.95. The number of nitrogens with zero attached hydrogens (tertiary/aromatic N) is 2. The van der Waals surface area contributed by atoms with Crippen molar-refractivity contribution >= 4 is 17.5 Å². The highest BCUT2D eigenvalue weighted by molar-refractivity contribution is 5.97. The first-order valence-electron chi connectivity index (χ1n) is 8.98. The molecule has 2 aliphatic rings. The van der Waals surface area contributed by atoms with Gasteiger partial charge in [0.05, 0.1) is 0 Å². The number of halogens is 1. The number of hydrogen-bond donors (Lipinski definition) is 1. The normalized spacial score (nSPS) is 23.6. The van der Waals surface area contributed by atoms with Gasteiger partial charge in [0.25, 0.3) is 0 Å². The average molecular weight is 348 g/mol. The molecule has 1 aromatic carbocycles. The second-order valence-electron chi connectivity index (χ2n) is 7.09. The van der Waals surface area contributed by atoms with Crippen LogP contribution in [0.15, 0.2) is 18.2 Å². The molecule has 0 spiro atoms. The molecule has 0 aromatic heterocycles. The van der Waals surface area contributed by atoms with Gasteiger partial charge in [0.15, 0.2) is 0 Å². The highest BCUT2D eigenvalue weighted by Gasteiger charge is 2.30. The number of carbonyl (C=O) groups excluding carboxylic acids is 2. The number of amides is 2. The lowest BCUT2D eigenvalue weighted by Gasteiger charge is -2.38. The Bertz CT molecular complexity index is 664. The molecule has 2 amide bonds. The van der Waals surface area contributed by atoms with Crippen LogP contribution < -0.4 is 4.90 Å². The molecule has 5 nitrogen and oxygen atoms in total. The van der Waals surface area contributed by atoms with Crippen molar-refractivity contribution in [1.82, 2.24) is 4.90 Å². The van der Waals surface area contributed by atoms with Crippen molar-refractivity contribution in [1.29, 1.82) is 0 Å². The quantitative estimate of drug-likeness (QED) is 0.907. The van der Waals surface area contributed by atoms with Gasteiger partial charge in [-0.2, -0.15) is 0 Å². The zero-order chi connectivity index (χ0) is 18.0. The maximum Gasteiger partial charge on any atom is 0.227 e. The predicted molar refractivity (Wildman–Crippen MR) is 92.7 cm³/mol. The van der Waals surface area contributed by atoms with E-state index in [1.165, 1.54) is 12.1 Å². The van der Waals surface area contributed by atoms with Gasteiger partial charge in [0.2, 0.25) is 11.8 Å². The lowest BCUT2D eigenvalue weighted by Crippen LogP contribution is -2.47. The van der Waals surface area contributed by atoms with Crippen molar-refractivity contribution < 1.29 is 19.1 Å². The number of likely N-dealkylation sites (tertiary alicyclic amines) is 1. The molecule has 2 heterocycles. The number of fused-ring (bicyclic) bond motifs is 1. The number of anilines is 1. The number of aliphatic hydroxyl groups excluding tert-OH is 1. The van der Waals surface area contributed by atoms with Gasteiger partial charge in [-0.3, -0.25) is 9.59 Å². The summed E-state index contributed by atoms with van der Waals surface area (Å²) in [7, 11) is 0. The molecule has 2 unspecified atom stereocenters. The zero-order valence-electron chi connectivity index (χ0n) is 14.6. The van der Waals surface area contributed by atoms with E-state index < -0.39 is 0 Å². The first-order valence-corrected chi connectivity index (χ1v) is 8.98. The van der Waals surface area contributed by atoms with Crippen molar-refractivity contribution in [3.05, 3.63) is 29.6 Å². The molecular formula is C19H25FN2O3. The molecule has 2 atom stereocenters. The molecule has 3 rings (SSSR count). The first kappa shape index (κ1) is 17.9. The summed E-state index contributed by atoms with van der Waals surface area (Å²) in [6.45, 7) is 3.01. The molecule has 1 fully saturated rings. The van der Waals surface area contributed by atoms with Crippen LogP contribution in [0.1, 0.15) is 38.2 Å². The monoisotopic (exact) mass is 348 g/mol. The van der Waals surface area contributed by atoms with Crippen LogP contribution in [0.2, 0.25) is 0 Å². The summed E-state index contributed by atoms with van der Waals surface area (Å²) in [6.07, 6.45) is 2.95. The molecule has 0 saturated carbocycles. The first-order chi connectivity index (χ1) is 12.0. The highest BCUT2D eigenvalue weighted by atomic mass is 19.1. The van der Waals surface area contributed by atoms with Crippen molar-refractivity contribution in [3.63, 3.8) is 0 Å². The summed E-state index contributed by atoms with van der Waals surface area (Å²) in [5.74, 6) is -0.179. The van der Waals surface area contributed by atoms with Gasteiger partial charge in [0, 0.05) is 44.3 Å². The molecule has 136 valence electrons. The van der Waals surface area contributed by atoms with E-state index in [1.54, 1.807) is 11.0 Å². The predicted octanol–water partition coefficient (Wildman–Crippen LogP) is 2.11. The van der Waals surface area contributed by atoms with Crippen LogP contribution in [0.25, 0.3) is 0 Å². The van der Waals surface area contributed by atoms with Crippen LogP contribution in [0.5, 0.6) is 0 Å². The fourth-order valence-corrected chi connectivity index (χ4v) is 3.80. The van der Waals surface area contributed by atoms with Crippen LogP contribution >= 0.6 is 0 Å². The fourth-order valence-electron chi connectivity index (χ4n) is 3.80. The number of aryl methyl sites for hydroxylation is 1. The molecule has 1 N–H and O–H groups in total. The Balaban J connectivity index is 1.67. The van der Waals surface area contributed by atoms with Gasteiger partial charge in [-0.15, -0.1) is 0 Å². The summed E-state index contributed by atoms with van der Waals surface area (Å²) in [5, 5.41) is 9.36. The summed E-state index contributed by atoms with van der Waals surface area (Å²) in [5.41, 5.74) is 1.53. The molecule has 0 bridgehead atoms. The van der Waals surface area contributed by atoms with Crippen LogP contribution in [-0.4, -0.2) is 47.6 Å². The van der Waals surface area contributed by atoms with Crippen LogP contribution in [0, 0.1) is 11.7 Å². The Morgan fingerprint density at radius 2 is 2.12 bits per heavy atom. The van der Waals surface area contributed by atoms with Gasteiger partial charge in [-0.05, 0) is 55.9 Å². The summed E-state index contributed by atoms with van der Waals surface area (Å²) >= 11 is 0. The van der Waals surface area contributed by atoms with E-state index in [1.807, 2.05) is 11.8 Å². The number of carbonyl (C=O) groups is 2. The van der Waals surface area contributed by atoms with Crippen LogP contribution in [-0.2, 0) is 16.0 Å². The molecule has 1 aromatic rings. The van der Waals surface area contributed by atoms with E-state index in [2.05, 4.69) is 0 Å². The maximum atomic E-state index is 13.4. The van der Waals surface area contributed by atoms with E-state index >= 15 is 0 Å². The van der Waals surface area contributed by atoms with Crippen LogP contribution in [0.3, 0.4) is 0 Å². The van der Waals surface area contributed by atoms with Crippen molar-refractivity contribution in [2.45, 2.75) is 45.1 Å². The SMILES string of the molecule is CC1CCC(CO)CN1C(=O)CCN1C(=O)CCc2cc(F)ccc21. The Morgan fingerprint density at radius 1 is 1.32 bits per heavy atom. The van der Waals surface area contributed by atoms with E-state index in [0.717, 1.165) is 18.4 Å². The van der Waals surface area contributed by atoms with Gasteiger partial charge in [0.1, 0.15) is 5.82 Å². The summed E-state index contributed by atoms with van der Waals surface area (Å²) in [6, 6.07) is 4.60. The molecule has 0 radical (unpaired) electrons. The van der Waals surface area contributed by atoms with Gasteiger partial charge in [-0.1, -0.05) is 0 Å². The summed E-state index contributed by atoms with van der Waals surface area (Å²) < 4.78 is 13.4. The van der Waals surface area contributed by atoms with Gasteiger partial charge in [-0.25, -0.2) is 4.39 Å². The third-order valence-electron chi connectivity index (χ3n) is 5.35. The second kappa shape index (κ2) is 7.52. The van der Waals surface area contributed by atoms with E-state index in [-0.39, 0.29) is 42.6 Å². The topological polar surface area (TPSA) is 60.9 Å². The van der Waals surface area contributed by atoms with Crippen molar-refractivity contribution in [2.75, 3.05) is 24.6 Å². The zero-order valence-corrected chi connectivity index (χ0v) is 14.6. The maximum absolute atomic E-state index is 13.4. The lowest BCUT2D eigenvalue weighted by molar-refractivity contribution is -0.135. The van der Waals surface area contributed by atoms with E-state index in [0.29, 0.717) is 31.6 Å². The van der Waals surface area contributed by atoms with Crippen molar-refractivity contribution in [3.8, 4) is 0 Å². The molecule has 25 heavy (non-hydrogen) atoms. The number of hydrogen-bond acceptors (Lipinski definition) is 3. The minimum atomic E-state index is -0.304. The van der Waals surface area contributed by atoms with Gasteiger partial charge >= 0.3 is 0 Å².